The molecule has 2 aromatic rings. The minimum atomic E-state index is -3.64. The van der Waals surface area contributed by atoms with Crippen molar-refractivity contribution in [2.24, 2.45) is 0 Å². The number of carbonyl (C=O) groups is 1. The Morgan fingerprint density at radius 1 is 0.971 bits per heavy atom. The van der Waals surface area contributed by atoms with Crippen LogP contribution in [0.4, 0.5) is 5.69 Å². The molecule has 0 aliphatic carbocycles. The molecule has 1 aliphatic rings. The first kappa shape index (κ1) is 26.2. The maximum absolute atomic E-state index is 12.5. The summed E-state index contributed by atoms with van der Waals surface area (Å²) in [5, 5.41) is 2.94. The normalized spacial score (nSPS) is 16.3. The number of para-hydroxylation sites is 1. The zero-order chi connectivity index (χ0) is 24.8. The average molecular weight is 487 g/mol. The van der Waals surface area contributed by atoms with Crippen molar-refractivity contribution in [1.29, 1.82) is 0 Å². The van der Waals surface area contributed by atoms with E-state index >= 15 is 0 Å². The summed E-state index contributed by atoms with van der Waals surface area (Å²) < 4.78 is 27.6. The van der Waals surface area contributed by atoms with E-state index in [-0.39, 0.29) is 35.2 Å². The number of sulfonamides is 1. The number of piperazine rings is 1. The standard InChI is InChI=1S/C26H38N4O3S/c1-21(29-16-18-30(19-17-29)23-8-6-5-7-9-23)20-27-25(31)14-15-28-34(32,33)24-12-10-22(11-13-24)26(2,3)4/h5-13,21,28H,14-20H2,1-4H3,(H,27,31). The smallest absolute Gasteiger partial charge is 0.240 e. The van der Waals surface area contributed by atoms with Crippen molar-refractivity contribution in [2.45, 2.75) is 50.5 Å². The van der Waals surface area contributed by atoms with Crippen LogP contribution < -0.4 is 14.9 Å². The van der Waals surface area contributed by atoms with E-state index in [0.717, 1.165) is 31.7 Å². The molecule has 1 aliphatic heterocycles. The summed E-state index contributed by atoms with van der Waals surface area (Å²) >= 11 is 0. The summed E-state index contributed by atoms with van der Waals surface area (Å²) in [6, 6.07) is 17.5. The Labute approximate surface area is 204 Å². The van der Waals surface area contributed by atoms with Gasteiger partial charge in [0.05, 0.1) is 4.90 Å². The molecule has 8 heteroatoms. The van der Waals surface area contributed by atoms with Gasteiger partial charge in [-0.05, 0) is 42.2 Å². The van der Waals surface area contributed by atoms with Crippen molar-refractivity contribution in [3.05, 3.63) is 60.2 Å². The Morgan fingerprint density at radius 2 is 1.59 bits per heavy atom. The number of benzene rings is 2. The predicted octanol–water partition coefficient (Wildman–Crippen LogP) is 2.98. The second kappa shape index (κ2) is 11.3. The lowest BCUT2D eigenvalue weighted by Gasteiger charge is -2.39. The first-order valence-corrected chi connectivity index (χ1v) is 13.5. The molecule has 2 aromatic carbocycles. The van der Waals surface area contributed by atoms with E-state index in [0.29, 0.717) is 6.54 Å². The highest BCUT2D eigenvalue weighted by molar-refractivity contribution is 7.89. The molecular weight excluding hydrogens is 448 g/mol. The average Bonchev–Trinajstić information content (AvgIpc) is 2.82. The van der Waals surface area contributed by atoms with E-state index in [9.17, 15) is 13.2 Å². The lowest BCUT2D eigenvalue weighted by Crippen LogP contribution is -2.52. The number of rotatable bonds is 9. The van der Waals surface area contributed by atoms with Gasteiger partial charge in [0.25, 0.3) is 0 Å². The fourth-order valence-electron chi connectivity index (χ4n) is 4.06. The van der Waals surface area contributed by atoms with Crippen LogP contribution in [0.15, 0.2) is 59.5 Å². The second-order valence-corrected chi connectivity index (χ2v) is 11.7. The van der Waals surface area contributed by atoms with Gasteiger partial charge < -0.3 is 10.2 Å². The fraction of sp³-hybridized carbons (Fsp3) is 0.500. The molecule has 1 unspecified atom stereocenters. The zero-order valence-electron chi connectivity index (χ0n) is 20.8. The zero-order valence-corrected chi connectivity index (χ0v) is 21.6. The van der Waals surface area contributed by atoms with Gasteiger partial charge in [-0.25, -0.2) is 13.1 Å². The number of nitrogens with zero attached hydrogens (tertiary/aromatic N) is 2. The summed E-state index contributed by atoms with van der Waals surface area (Å²) in [5.74, 6) is -0.152. The van der Waals surface area contributed by atoms with E-state index in [2.05, 4.69) is 71.8 Å². The Hall–Kier alpha value is -2.42. The molecule has 0 saturated carbocycles. The highest BCUT2D eigenvalue weighted by atomic mass is 32.2. The maximum Gasteiger partial charge on any atom is 0.240 e. The van der Waals surface area contributed by atoms with Gasteiger partial charge in [-0.3, -0.25) is 9.69 Å². The molecular formula is C26H38N4O3S. The molecule has 1 saturated heterocycles. The molecule has 1 heterocycles. The molecule has 7 nitrogen and oxygen atoms in total. The summed E-state index contributed by atoms with van der Waals surface area (Å²) in [6.45, 7) is 12.8. The van der Waals surface area contributed by atoms with Crippen LogP contribution in [0.5, 0.6) is 0 Å². The largest absolute Gasteiger partial charge is 0.369 e. The van der Waals surface area contributed by atoms with Gasteiger partial charge in [0, 0.05) is 57.4 Å². The molecule has 34 heavy (non-hydrogen) atoms. The molecule has 1 amide bonds. The van der Waals surface area contributed by atoms with Crippen molar-refractivity contribution < 1.29 is 13.2 Å². The fourth-order valence-corrected chi connectivity index (χ4v) is 5.09. The van der Waals surface area contributed by atoms with Crippen molar-refractivity contribution in [2.75, 3.05) is 44.2 Å². The van der Waals surface area contributed by atoms with Crippen LogP contribution in [0.2, 0.25) is 0 Å². The van der Waals surface area contributed by atoms with Crippen LogP contribution in [-0.4, -0.2) is 64.5 Å². The lowest BCUT2D eigenvalue weighted by atomic mass is 9.87. The molecule has 1 fully saturated rings. The molecule has 3 rings (SSSR count). The van der Waals surface area contributed by atoms with Gasteiger partial charge in [-0.1, -0.05) is 51.1 Å². The minimum absolute atomic E-state index is 0.0412. The van der Waals surface area contributed by atoms with Gasteiger partial charge in [0.15, 0.2) is 0 Å². The minimum Gasteiger partial charge on any atom is -0.369 e. The number of hydrogen-bond donors (Lipinski definition) is 2. The quantitative estimate of drug-likeness (QED) is 0.570. The van der Waals surface area contributed by atoms with Crippen molar-refractivity contribution in [3.8, 4) is 0 Å². The number of carbonyl (C=O) groups excluding carboxylic acids is 1. The topological polar surface area (TPSA) is 81.8 Å². The third-order valence-corrected chi connectivity index (χ3v) is 7.81. The summed E-state index contributed by atoms with van der Waals surface area (Å²) in [6.07, 6.45) is 0.105. The highest BCUT2D eigenvalue weighted by Crippen LogP contribution is 2.23. The summed E-state index contributed by atoms with van der Waals surface area (Å²) in [7, 11) is -3.64. The number of anilines is 1. The molecule has 2 N–H and O–H groups in total. The Bertz CT molecular complexity index is 1030. The first-order valence-electron chi connectivity index (χ1n) is 12.0. The predicted molar refractivity (Wildman–Crippen MR) is 138 cm³/mol. The van der Waals surface area contributed by atoms with Crippen LogP contribution in [0, 0.1) is 0 Å². The monoisotopic (exact) mass is 486 g/mol. The third-order valence-electron chi connectivity index (χ3n) is 6.33. The van der Waals surface area contributed by atoms with Gasteiger partial charge >= 0.3 is 0 Å². The van der Waals surface area contributed by atoms with Crippen LogP contribution in [-0.2, 0) is 20.2 Å². The van der Waals surface area contributed by atoms with E-state index in [1.165, 1.54) is 5.69 Å². The summed E-state index contributed by atoms with van der Waals surface area (Å²) in [5.41, 5.74) is 2.28. The summed E-state index contributed by atoms with van der Waals surface area (Å²) in [4.78, 5) is 17.2. The molecule has 1 atom stereocenters. The Balaban J connectivity index is 1.37. The lowest BCUT2D eigenvalue weighted by molar-refractivity contribution is -0.121. The number of amides is 1. The van der Waals surface area contributed by atoms with Gasteiger partial charge in [-0.2, -0.15) is 0 Å². The van der Waals surface area contributed by atoms with Gasteiger partial charge in [-0.15, -0.1) is 0 Å². The van der Waals surface area contributed by atoms with Crippen LogP contribution in [0.1, 0.15) is 39.7 Å². The van der Waals surface area contributed by atoms with E-state index in [1.807, 2.05) is 18.2 Å². The number of hydrogen-bond acceptors (Lipinski definition) is 5. The molecule has 0 spiro atoms. The molecule has 0 aromatic heterocycles. The van der Waals surface area contributed by atoms with Gasteiger partial charge in [0.2, 0.25) is 15.9 Å². The molecule has 0 bridgehead atoms. The second-order valence-electron chi connectivity index (χ2n) is 9.93. The van der Waals surface area contributed by atoms with Gasteiger partial charge in [0.1, 0.15) is 0 Å². The Kier molecular flexibility index (Phi) is 8.73. The maximum atomic E-state index is 12.5. The van der Waals surface area contributed by atoms with Crippen LogP contribution in [0.25, 0.3) is 0 Å². The SMILES string of the molecule is CC(CNC(=O)CCNS(=O)(=O)c1ccc(C(C)(C)C)cc1)N1CCN(c2ccccc2)CC1. The molecule has 0 radical (unpaired) electrons. The molecule has 186 valence electrons. The number of nitrogens with one attached hydrogen (secondary N) is 2. The van der Waals surface area contributed by atoms with E-state index < -0.39 is 10.0 Å². The van der Waals surface area contributed by atoms with Crippen molar-refractivity contribution in [3.63, 3.8) is 0 Å². The first-order chi connectivity index (χ1) is 16.1. The van der Waals surface area contributed by atoms with Crippen LogP contribution in [0.3, 0.4) is 0 Å². The van der Waals surface area contributed by atoms with Crippen molar-refractivity contribution in [1.82, 2.24) is 14.9 Å². The van der Waals surface area contributed by atoms with E-state index in [1.54, 1.807) is 12.1 Å². The van der Waals surface area contributed by atoms with Crippen LogP contribution >= 0.6 is 0 Å². The van der Waals surface area contributed by atoms with Crippen molar-refractivity contribution >= 4 is 21.6 Å². The Morgan fingerprint density at radius 3 is 2.18 bits per heavy atom. The van der Waals surface area contributed by atoms with E-state index in [4.69, 9.17) is 0 Å². The highest BCUT2D eigenvalue weighted by Gasteiger charge is 2.22. The third kappa shape index (κ3) is 7.29.